The number of hydrogen-bond donors (Lipinski definition) is 3. The van der Waals surface area contributed by atoms with Crippen LogP contribution in [0.4, 0.5) is 0 Å². The molecule has 0 saturated heterocycles. The zero-order chi connectivity index (χ0) is 13.4. The van der Waals surface area contributed by atoms with E-state index in [9.17, 15) is 14.7 Å². The molecule has 0 unspecified atom stereocenters. The Labute approximate surface area is 105 Å². The minimum Gasteiger partial charge on any atom is -0.505 e. The summed E-state index contributed by atoms with van der Waals surface area (Å²) in [7, 11) is 0. The summed E-state index contributed by atoms with van der Waals surface area (Å²) >= 11 is 0. The molecule has 0 aliphatic heterocycles. The van der Waals surface area contributed by atoms with Gasteiger partial charge in [0.15, 0.2) is 0 Å². The number of rotatable bonds is 6. The van der Waals surface area contributed by atoms with Crippen molar-refractivity contribution < 1.29 is 14.7 Å². The molecule has 0 bridgehead atoms. The number of carbonyl (C=O) groups excluding carboxylic acids is 2. The van der Waals surface area contributed by atoms with Gasteiger partial charge < -0.3 is 15.7 Å². The Hall–Kier alpha value is -2.11. The molecule has 0 spiro atoms. The molecular weight excluding hydrogens is 234 g/mol. The molecule has 1 rings (SSSR count). The lowest BCUT2D eigenvalue weighted by Crippen LogP contribution is -2.31. The average molecular weight is 251 g/mol. The molecule has 0 aliphatic rings. The van der Waals surface area contributed by atoms with Gasteiger partial charge in [-0.05, 0) is 12.5 Å². The van der Waals surface area contributed by atoms with Crippen LogP contribution in [0.2, 0.25) is 0 Å². The number of nitrogens with one attached hydrogen (secondary N) is 2. The van der Waals surface area contributed by atoms with Crippen molar-refractivity contribution in [1.29, 1.82) is 0 Å². The molecular formula is C12H17N3O3. The van der Waals surface area contributed by atoms with Crippen LogP contribution in [0.3, 0.4) is 0 Å². The smallest absolute Gasteiger partial charge is 0.255 e. The maximum Gasteiger partial charge on any atom is 0.255 e. The van der Waals surface area contributed by atoms with Crippen LogP contribution < -0.4 is 10.6 Å². The third-order valence-electron chi connectivity index (χ3n) is 2.25. The summed E-state index contributed by atoms with van der Waals surface area (Å²) in [6.45, 7) is 2.84. The normalized spacial score (nSPS) is 9.83. The lowest BCUT2D eigenvalue weighted by atomic mass is 10.2. The average Bonchev–Trinajstić information content (AvgIpc) is 2.36. The fraction of sp³-hybridized carbons (Fsp3) is 0.417. The van der Waals surface area contributed by atoms with Crippen LogP contribution in [0.1, 0.15) is 30.1 Å². The van der Waals surface area contributed by atoms with E-state index >= 15 is 0 Å². The largest absolute Gasteiger partial charge is 0.505 e. The van der Waals surface area contributed by atoms with Crippen molar-refractivity contribution in [3.8, 4) is 5.75 Å². The van der Waals surface area contributed by atoms with Crippen LogP contribution in [-0.2, 0) is 4.79 Å². The molecule has 6 heteroatoms. The first kappa shape index (κ1) is 14.0. The first-order valence-electron chi connectivity index (χ1n) is 5.83. The Morgan fingerprint density at radius 1 is 1.33 bits per heavy atom. The SMILES string of the molecule is CCCNC(=O)CCNC(=O)c1ccncc1O. The van der Waals surface area contributed by atoms with Crippen molar-refractivity contribution in [2.45, 2.75) is 19.8 Å². The molecule has 6 nitrogen and oxygen atoms in total. The van der Waals surface area contributed by atoms with E-state index in [0.717, 1.165) is 6.42 Å². The van der Waals surface area contributed by atoms with Crippen LogP contribution >= 0.6 is 0 Å². The molecule has 0 radical (unpaired) electrons. The number of aromatic hydroxyl groups is 1. The maximum atomic E-state index is 11.6. The van der Waals surface area contributed by atoms with Gasteiger partial charge in [-0.1, -0.05) is 6.92 Å². The molecule has 1 aromatic rings. The number of nitrogens with zero attached hydrogens (tertiary/aromatic N) is 1. The van der Waals surface area contributed by atoms with Gasteiger partial charge in [-0.3, -0.25) is 14.6 Å². The van der Waals surface area contributed by atoms with Crippen molar-refractivity contribution in [2.24, 2.45) is 0 Å². The molecule has 2 amide bonds. The van der Waals surface area contributed by atoms with Gasteiger partial charge in [-0.25, -0.2) is 0 Å². The second-order valence-electron chi connectivity index (χ2n) is 3.75. The van der Waals surface area contributed by atoms with E-state index in [2.05, 4.69) is 15.6 Å². The Balaban J connectivity index is 2.34. The summed E-state index contributed by atoms with van der Waals surface area (Å²) in [5.41, 5.74) is 0.152. The summed E-state index contributed by atoms with van der Waals surface area (Å²) in [5.74, 6) is -0.695. The molecule has 0 saturated carbocycles. The first-order valence-corrected chi connectivity index (χ1v) is 5.83. The van der Waals surface area contributed by atoms with Crippen LogP contribution in [0.5, 0.6) is 5.75 Å². The molecule has 0 fully saturated rings. The topological polar surface area (TPSA) is 91.3 Å². The number of aromatic nitrogens is 1. The van der Waals surface area contributed by atoms with Gasteiger partial charge in [0, 0.05) is 25.7 Å². The number of pyridine rings is 1. The summed E-state index contributed by atoms with van der Waals surface area (Å²) in [4.78, 5) is 26.6. The molecule has 1 aromatic heterocycles. The highest BCUT2D eigenvalue weighted by atomic mass is 16.3. The lowest BCUT2D eigenvalue weighted by molar-refractivity contribution is -0.120. The number of carbonyl (C=O) groups is 2. The minimum atomic E-state index is -0.418. The fourth-order valence-corrected chi connectivity index (χ4v) is 1.32. The second kappa shape index (κ2) is 7.26. The predicted molar refractivity (Wildman–Crippen MR) is 66.2 cm³/mol. The van der Waals surface area contributed by atoms with Gasteiger partial charge in [0.05, 0.1) is 11.8 Å². The summed E-state index contributed by atoms with van der Waals surface area (Å²) in [6.07, 6.45) is 3.71. The molecule has 0 aliphatic carbocycles. The third-order valence-corrected chi connectivity index (χ3v) is 2.25. The molecule has 18 heavy (non-hydrogen) atoms. The quantitative estimate of drug-likeness (QED) is 0.684. The molecule has 0 atom stereocenters. The van der Waals surface area contributed by atoms with Crippen LogP contribution in [-0.4, -0.2) is 35.0 Å². The number of hydrogen-bond acceptors (Lipinski definition) is 4. The van der Waals surface area contributed by atoms with Crippen molar-refractivity contribution in [1.82, 2.24) is 15.6 Å². The van der Waals surface area contributed by atoms with Gasteiger partial charge in [-0.15, -0.1) is 0 Å². The number of amides is 2. The summed E-state index contributed by atoms with van der Waals surface area (Å²) in [6, 6.07) is 1.42. The first-order chi connectivity index (χ1) is 8.65. The highest BCUT2D eigenvalue weighted by Crippen LogP contribution is 2.12. The van der Waals surface area contributed by atoms with Crippen molar-refractivity contribution >= 4 is 11.8 Å². The monoisotopic (exact) mass is 251 g/mol. The van der Waals surface area contributed by atoms with E-state index in [4.69, 9.17) is 0 Å². The maximum absolute atomic E-state index is 11.6. The van der Waals surface area contributed by atoms with Crippen molar-refractivity contribution in [2.75, 3.05) is 13.1 Å². The van der Waals surface area contributed by atoms with E-state index in [1.54, 1.807) is 0 Å². The van der Waals surface area contributed by atoms with E-state index in [0.29, 0.717) is 6.54 Å². The van der Waals surface area contributed by atoms with E-state index in [-0.39, 0.29) is 30.2 Å². The van der Waals surface area contributed by atoms with E-state index in [1.807, 2.05) is 6.92 Å². The Kier molecular flexibility index (Phi) is 5.63. The highest BCUT2D eigenvalue weighted by Gasteiger charge is 2.10. The standard InChI is InChI=1S/C12H17N3O3/c1-2-5-14-11(17)4-7-15-12(18)9-3-6-13-8-10(9)16/h3,6,8,16H,2,4-5,7H2,1H3,(H,14,17)(H,15,18). The van der Waals surface area contributed by atoms with Crippen molar-refractivity contribution in [3.05, 3.63) is 24.0 Å². The van der Waals surface area contributed by atoms with Crippen LogP contribution in [0, 0.1) is 0 Å². The Bertz CT molecular complexity index is 421. The summed E-state index contributed by atoms with van der Waals surface area (Å²) in [5, 5.41) is 14.7. The van der Waals surface area contributed by atoms with Crippen LogP contribution in [0.15, 0.2) is 18.5 Å². The molecule has 0 aromatic carbocycles. The minimum absolute atomic E-state index is 0.101. The Morgan fingerprint density at radius 2 is 2.11 bits per heavy atom. The van der Waals surface area contributed by atoms with Crippen molar-refractivity contribution in [3.63, 3.8) is 0 Å². The molecule has 98 valence electrons. The molecule has 1 heterocycles. The zero-order valence-electron chi connectivity index (χ0n) is 10.3. The predicted octanol–water partition coefficient (Wildman–Crippen LogP) is 0.433. The third kappa shape index (κ3) is 4.40. The van der Waals surface area contributed by atoms with Gasteiger partial charge in [0.1, 0.15) is 5.75 Å². The highest BCUT2D eigenvalue weighted by molar-refractivity contribution is 5.96. The second-order valence-corrected chi connectivity index (χ2v) is 3.75. The molecule has 3 N–H and O–H groups in total. The van der Waals surface area contributed by atoms with Gasteiger partial charge in [0.25, 0.3) is 5.91 Å². The van der Waals surface area contributed by atoms with Gasteiger partial charge in [-0.2, -0.15) is 0 Å². The lowest BCUT2D eigenvalue weighted by Gasteiger charge is -2.06. The Morgan fingerprint density at radius 3 is 2.78 bits per heavy atom. The zero-order valence-corrected chi connectivity index (χ0v) is 10.3. The fourth-order valence-electron chi connectivity index (χ4n) is 1.32. The van der Waals surface area contributed by atoms with E-state index < -0.39 is 5.91 Å². The van der Waals surface area contributed by atoms with Crippen LogP contribution in [0.25, 0.3) is 0 Å². The van der Waals surface area contributed by atoms with Gasteiger partial charge in [0.2, 0.25) is 5.91 Å². The van der Waals surface area contributed by atoms with E-state index in [1.165, 1.54) is 18.5 Å². The van der Waals surface area contributed by atoms with Gasteiger partial charge >= 0.3 is 0 Å². The summed E-state index contributed by atoms with van der Waals surface area (Å²) < 4.78 is 0.